The molecule has 1 aromatic carbocycles. The van der Waals surface area contributed by atoms with Crippen molar-refractivity contribution < 1.29 is 4.74 Å². The van der Waals surface area contributed by atoms with E-state index in [4.69, 9.17) is 16.2 Å². The molecule has 0 aliphatic carbocycles. The Morgan fingerprint density at radius 2 is 2.00 bits per heavy atom. The summed E-state index contributed by atoms with van der Waals surface area (Å²) in [5.41, 5.74) is 14.3. The fraction of sp³-hybridized carbons (Fsp3) is 0.316. The molecule has 7 nitrogen and oxygen atoms in total. The predicted molar refractivity (Wildman–Crippen MR) is 105 cm³/mol. The van der Waals surface area contributed by atoms with Crippen LogP contribution < -0.4 is 17.0 Å². The quantitative estimate of drug-likeness (QED) is 0.496. The first kappa shape index (κ1) is 17.9. The number of nitrogens with zero attached hydrogens (tertiary/aromatic N) is 3. The molecule has 2 aromatic rings. The van der Waals surface area contributed by atoms with E-state index in [1.165, 1.54) is 4.57 Å². The molecule has 2 heterocycles. The monoisotopic (exact) mass is 353 g/mol. The van der Waals surface area contributed by atoms with Gasteiger partial charge >= 0.3 is 0 Å². The van der Waals surface area contributed by atoms with Crippen molar-refractivity contribution >= 4 is 17.9 Å². The largest absolute Gasteiger partial charge is 0.398 e. The lowest BCUT2D eigenvalue weighted by molar-refractivity contribution is 0.0871. The second-order valence-electron chi connectivity index (χ2n) is 6.28. The van der Waals surface area contributed by atoms with Crippen molar-refractivity contribution in [3.8, 4) is 11.1 Å². The molecular weight excluding hydrogens is 330 g/mol. The Morgan fingerprint density at radius 1 is 1.27 bits per heavy atom. The van der Waals surface area contributed by atoms with Gasteiger partial charge in [-0.1, -0.05) is 18.2 Å². The topological polar surface area (TPSA) is 108 Å². The lowest BCUT2D eigenvalue weighted by Crippen LogP contribution is -2.22. The highest BCUT2D eigenvalue weighted by Crippen LogP contribution is 2.22. The smallest absolute Gasteiger partial charge is 0.258 e. The van der Waals surface area contributed by atoms with Gasteiger partial charge in [-0.15, -0.1) is 0 Å². The van der Waals surface area contributed by atoms with Gasteiger partial charge in [0.15, 0.2) is 0 Å². The molecule has 1 aliphatic heterocycles. The summed E-state index contributed by atoms with van der Waals surface area (Å²) >= 11 is 0. The van der Waals surface area contributed by atoms with Crippen LogP contribution in [0.2, 0.25) is 0 Å². The average molecular weight is 353 g/mol. The maximum atomic E-state index is 12.5. The van der Waals surface area contributed by atoms with Gasteiger partial charge in [0.05, 0.1) is 6.04 Å². The third kappa shape index (κ3) is 4.18. The number of ether oxygens (including phenoxy) is 1. The van der Waals surface area contributed by atoms with Crippen LogP contribution >= 0.6 is 0 Å². The number of hydrogen-bond donors (Lipinski definition) is 2. The summed E-state index contributed by atoms with van der Waals surface area (Å²) in [5, 5.41) is 0. The van der Waals surface area contributed by atoms with Gasteiger partial charge in [-0.25, -0.2) is 9.98 Å². The van der Waals surface area contributed by atoms with Crippen LogP contribution in [0.3, 0.4) is 0 Å². The minimum atomic E-state index is -0.121. The number of benzene rings is 1. The molecule has 0 atom stereocenters. The fourth-order valence-corrected chi connectivity index (χ4v) is 2.92. The molecule has 1 fully saturated rings. The third-order valence-electron chi connectivity index (χ3n) is 4.31. The highest BCUT2D eigenvalue weighted by Gasteiger charge is 2.12. The summed E-state index contributed by atoms with van der Waals surface area (Å²) in [6.45, 7) is 1.40. The standard InChI is InChI=1S/C19H23N5O2/c1-24-12-13(11-22-19(21)23-14-6-8-26-9-7-14)10-16(18(24)25)15-4-2-3-5-17(15)20/h2-5,10-12,14H,6-9,20H2,1H3,(H2,21,23). The molecule has 0 unspecified atom stereocenters. The Bertz CT molecular complexity index is 895. The maximum absolute atomic E-state index is 12.5. The van der Waals surface area contributed by atoms with Gasteiger partial charge in [0.1, 0.15) is 0 Å². The molecule has 0 radical (unpaired) electrons. The summed E-state index contributed by atoms with van der Waals surface area (Å²) in [4.78, 5) is 21.1. The summed E-state index contributed by atoms with van der Waals surface area (Å²) < 4.78 is 6.82. The number of aryl methyl sites for hydroxylation is 1. The first-order valence-electron chi connectivity index (χ1n) is 8.55. The molecule has 0 spiro atoms. The number of aliphatic imine (C=N–C) groups is 2. The van der Waals surface area contributed by atoms with Crippen molar-refractivity contribution in [3.05, 3.63) is 52.4 Å². The van der Waals surface area contributed by atoms with Gasteiger partial charge in [-0.3, -0.25) is 4.79 Å². The summed E-state index contributed by atoms with van der Waals surface area (Å²) in [7, 11) is 1.70. The van der Waals surface area contributed by atoms with Gasteiger partial charge in [-0.05, 0) is 25.0 Å². The predicted octanol–water partition coefficient (Wildman–Crippen LogP) is 1.55. The van der Waals surface area contributed by atoms with Crippen LogP contribution in [0.4, 0.5) is 5.69 Å². The number of rotatable bonds is 3. The Kier molecular flexibility index (Phi) is 5.48. The highest BCUT2D eigenvalue weighted by molar-refractivity contribution is 5.93. The molecule has 1 saturated heterocycles. The van der Waals surface area contributed by atoms with Crippen LogP contribution in [0.25, 0.3) is 11.1 Å². The molecule has 1 aliphatic rings. The SMILES string of the molecule is Cn1cc(C=NC(N)=NC2CCOCC2)cc(-c2ccccc2N)c1=O. The van der Waals surface area contributed by atoms with Crippen molar-refractivity contribution in [3.63, 3.8) is 0 Å². The zero-order chi connectivity index (χ0) is 18.5. The van der Waals surface area contributed by atoms with E-state index in [-0.39, 0.29) is 17.6 Å². The summed E-state index contributed by atoms with van der Waals surface area (Å²) in [6, 6.07) is 9.20. The van der Waals surface area contributed by atoms with Crippen LogP contribution in [0.15, 0.2) is 51.3 Å². The molecule has 0 saturated carbocycles. The average Bonchev–Trinajstić information content (AvgIpc) is 2.64. The van der Waals surface area contributed by atoms with Crippen LogP contribution in [0.5, 0.6) is 0 Å². The molecule has 0 amide bonds. The maximum Gasteiger partial charge on any atom is 0.258 e. The third-order valence-corrected chi connectivity index (χ3v) is 4.31. The number of aromatic nitrogens is 1. The zero-order valence-electron chi connectivity index (χ0n) is 14.8. The molecule has 1 aromatic heterocycles. The van der Waals surface area contributed by atoms with Gasteiger partial charge < -0.3 is 20.8 Å². The number of anilines is 1. The van der Waals surface area contributed by atoms with Gasteiger partial charge in [0.2, 0.25) is 5.96 Å². The van der Waals surface area contributed by atoms with Crippen LogP contribution in [0.1, 0.15) is 18.4 Å². The minimum absolute atomic E-state index is 0.121. The van der Waals surface area contributed by atoms with Crippen LogP contribution in [0, 0.1) is 0 Å². The Hall–Kier alpha value is -2.93. The van der Waals surface area contributed by atoms with E-state index in [0.29, 0.717) is 30.0 Å². The number of hydrogen-bond acceptors (Lipinski definition) is 4. The second-order valence-corrected chi connectivity index (χ2v) is 6.28. The second kappa shape index (κ2) is 7.97. The first-order valence-corrected chi connectivity index (χ1v) is 8.55. The molecule has 4 N–H and O–H groups in total. The lowest BCUT2D eigenvalue weighted by Gasteiger charge is -2.18. The van der Waals surface area contributed by atoms with E-state index in [1.54, 1.807) is 31.6 Å². The van der Waals surface area contributed by atoms with Gasteiger partial charge in [0, 0.05) is 55.1 Å². The van der Waals surface area contributed by atoms with E-state index >= 15 is 0 Å². The number of guanidine groups is 1. The highest BCUT2D eigenvalue weighted by atomic mass is 16.5. The van der Waals surface area contributed by atoms with E-state index in [0.717, 1.165) is 18.4 Å². The Labute approximate surface area is 152 Å². The van der Waals surface area contributed by atoms with Crippen molar-refractivity contribution in [1.82, 2.24) is 4.57 Å². The summed E-state index contributed by atoms with van der Waals surface area (Å²) in [6.07, 6.45) is 5.03. The van der Waals surface area contributed by atoms with Gasteiger partial charge in [-0.2, -0.15) is 0 Å². The number of nitrogens with two attached hydrogens (primary N) is 2. The van der Waals surface area contributed by atoms with Crippen molar-refractivity contribution in [2.45, 2.75) is 18.9 Å². The normalized spacial score (nSPS) is 16.3. The van der Waals surface area contributed by atoms with E-state index < -0.39 is 0 Å². The molecule has 7 heteroatoms. The van der Waals surface area contributed by atoms with Crippen molar-refractivity contribution in [2.75, 3.05) is 18.9 Å². The van der Waals surface area contributed by atoms with Crippen LogP contribution in [-0.2, 0) is 11.8 Å². The van der Waals surface area contributed by atoms with E-state index in [9.17, 15) is 4.79 Å². The van der Waals surface area contributed by atoms with Crippen molar-refractivity contribution in [1.29, 1.82) is 0 Å². The number of pyridine rings is 1. The lowest BCUT2D eigenvalue weighted by atomic mass is 10.0. The van der Waals surface area contributed by atoms with Crippen LogP contribution in [-0.4, -0.2) is 36.0 Å². The zero-order valence-corrected chi connectivity index (χ0v) is 14.8. The van der Waals surface area contributed by atoms with Crippen molar-refractivity contribution in [2.24, 2.45) is 22.8 Å². The number of para-hydroxylation sites is 1. The molecule has 3 rings (SSSR count). The van der Waals surface area contributed by atoms with E-state index in [2.05, 4.69) is 9.98 Å². The first-order chi connectivity index (χ1) is 12.5. The molecule has 0 bridgehead atoms. The number of nitrogen functional groups attached to an aromatic ring is 1. The molecular formula is C19H23N5O2. The van der Waals surface area contributed by atoms with Gasteiger partial charge in [0.25, 0.3) is 5.56 Å². The summed E-state index contributed by atoms with van der Waals surface area (Å²) in [5.74, 6) is 0.228. The Morgan fingerprint density at radius 3 is 2.73 bits per heavy atom. The molecule has 136 valence electrons. The fourth-order valence-electron chi connectivity index (χ4n) is 2.92. The Balaban J connectivity index is 1.88. The molecule has 26 heavy (non-hydrogen) atoms. The van der Waals surface area contributed by atoms with E-state index in [1.807, 2.05) is 18.2 Å². The minimum Gasteiger partial charge on any atom is -0.398 e.